The van der Waals surface area contributed by atoms with E-state index in [4.69, 9.17) is 10.1 Å². The van der Waals surface area contributed by atoms with Crippen molar-refractivity contribution in [2.45, 2.75) is 40.2 Å². The monoisotopic (exact) mass is 238 g/mol. The lowest BCUT2D eigenvalue weighted by Crippen LogP contribution is -2.49. The third-order valence-electron chi connectivity index (χ3n) is 2.81. The summed E-state index contributed by atoms with van der Waals surface area (Å²) < 4.78 is 0. The Kier molecular flexibility index (Phi) is 3.89. The summed E-state index contributed by atoms with van der Waals surface area (Å²) in [4.78, 5) is 28.4. The third kappa shape index (κ3) is 3.04. The second kappa shape index (κ2) is 4.84. The van der Waals surface area contributed by atoms with Gasteiger partial charge in [-0.15, -0.1) is 5.06 Å². The molecular formula is C12H18N2O3. The number of Topliss-reactive ketones (excluding diaryl/α,β-unsaturated/α-hetero) is 1. The van der Waals surface area contributed by atoms with E-state index in [9.17, 15) is 9.59 Å². The van der Waals surface area contributed by atoms with Crippen LogP contribution in [0.15, 0.2) is 0 Å². The highest BCUT2D eigenvalue weighted by Gasteiger charge is 2.38. The third-order valence-corrected chi connectivity index (χ3v) is 2.81. The number of piperidine rings is 1. The van der Waals surface area contributed by atoms with E-state index in [1.165, 1.54) is 5.06 Å². The van der Waals surface area contributed by atoms with E-state index < -0.39 is 11.3 Å². The molecule has 1 aliphatic rings. The van der Waals surface area contributed by atoms with E-state index in [-0.39, 0.29) is 24.2 Å². The first-order valence-corrected chi connectivity index (χ1v) is 5.68. The molecule has 0 aromatic rings. The molecule has 0 saturated carbocycles. The molecule has 5 heteroatoms. The summed E-state index contributed by atoms with van der Waals surface area (Å²) >= 11 is 0. The van der Waals surface area contributed by atoms with Gasteiger partial charge in [0.2, 0.25) is 0 Å². The molecular weight excluding hydrogens is 220 g/mol. The highest BCUT2D eigenvalue weighted by atomic mass is 16.7. The van der Waals surface area contributed by atoms with Crippen molar-refractivity contribution in [3.05, 3.63) is 0 Å². The number of rotatable bonds is 1. The van der Waals surface area contributed by atoms with Crippen LogP contribution >= 0.6 is 0 Å². The molecule has 5 nitrogen and oxygen atoms in total. The van der Waals surface area contributed by atoms with Crippen molar-refractivity contribution >= 4 is 11.8 Å². The van der Waals surface area contributed by atoms with Crippen LogP contribution < -0.4 is 0 Å². The molecule has 0 aromatic carbocycles. The van der Waals surface area contributed by atoms with Crippen LogP contribution in [0.5, 0.6) is 0 Å². The number of hydrogen-bond donors (Lipinski definition) is 0. The topological polar surface area (TPSA) is 70.4 Å². The Balaban J connectivity index is 2.71. The Morgan fingerprint density at radius 3 is 2.59 bits per heavy atom. The summed E-state index contributed by atoms with van der Waals surface area (Å²) in [5.74, 6) is -1.14. The summed E-state index contributed by atoms with van der Waals surface area (Å²) in [6.45, 7) is 7.37. The Hall–Kier alpha value is -1.41. The average molecular weight is 238 g/mol. The minimum absolute atomic E-state index is 0.0805. The molecule has 1 aliphatic heterocycles. The lowest BCUT2D eigenvalue weighted by molar-refractivity contribution is -0.217. The van der Waals surface area contributed by atoms with Crippen molar-refractivity contribution in [3.63, 3.8) is 0 Å². The van der Waals surface area contributed by atoms with Gasteiger partial charge in [-0.3, -0.25) is 4.79 Å². The van der Waals surface area contributed by atoms with E-state index >= 15 is 0 Å². The number of carbonyl (C=O) groups excluding carboxylic acids is 2. The largest absolute Gasteiger partial charge is 0.367 e. The molecule has 0 N–H and O–H groups in total. The molecule has 0 amide bonds. The smallest absolute Gasteiger partial charge is 0.330 e. The second-order valence-electron chi connectivity index (χ2n) is 5.33. The molecule has 0 spiro atoms. The van der Waals surface area contributed by atoms with E-state index in [0.717, 1.165) is 0 Å². The van der Waals surface area contributed by atoms with Crippen molar-refractivity contribution in [2.24, 2.45) is 11.3 Å². The summed E-state index contributed by atoms with van der Waals surface area (Å²) in [5, 5.41) is 10.4. The maximum atomic E-state index is 11.7. The molecule has 1 rings (SSSR count). The highest BCUT2D eigenvalue weighted by molar-refractivity contribution is 5.85. The molecule has 17 heavy (non-hydrogen) atoms. The molecule has 94 valence electrons. The fraction of sp³-hybridized carbons (Fsp3) is 0.750. The van der Waals surface area contributed by atoms with Gasteiger partial charge < -0.3 is 4.84 Å². The van der Waals surface area contributed by atoms with Gasteiger partial charge in [-0.05, 0) is 27.7 Å². The Labute approximate surface area is 101 Å². The number of hydrogen-bond acceptors (Lipinski definition) is 5. The second-order valence-corrected chi connectivity index (χ2v) is 5.33. The molecule has 0 aromatic heterocycles. The standard InChI is InChI=1S/C12H18N2O3/c1-8-9(7-13)10(15)5-6-14(8)17-11(16)12(2,3)4/h8-9H,5-6H2,1-4H3/t8-,9?/m0/s1. The normalized spacial score (nSPS) is 26.4. The van der Waals surface area contributed by atoms with Crippen LogP contribution in [0, 0.1) is 22.7 Å². The van der Waals surface area contributed by atoms with Crippen LogP contribution in [0.1, 0.15) is 34.1 Å². The fourth-order valence-corrected chi connectivity index (χ4v) is 1.57. The van der Waals surface area contributed by atoms with Gasteiger partial charge >= 0.3 is 5.97 Å². The highest BCUT2D eigenvalue weighted by Crippen LogP contribution is 2.23. The maximum absolute atomic E-state index is 11.7. The molecule has 1 saturated heterocycles. The lowest BCUT2D eigenvalue weighted by Gasteiger charge is -2.35. The SMILES string of the molecule is C[C@H]1C(C#N)C(=O)CCN1OC(=O)C(C)(C)C. The molecule has 1 unspecified atom stereocenters. The van der Waals surface area contributed by atoms with Crippen molar-refractivity contribution < 1.29 is 14.4 Å². The Bertz CT molecular complexity index is 365. The predicted molar refractivity (Wildman–Crippen MR) is 60.4 cm³/mol. The zero-order chi connectivity index (χ0) is 13.2. The lowest BCUT2D eigenvalue weighted by atomic mass is 9.92. The first-order valence-electron chi connectivity index (χ1n) is 5.68. The van der Waals surface area contributed by atoms with E-state index in [1.54, 1.807) is 27.7 Å². The predicted octanol–water partition coefficient (Wildman–Crippen LogP) is 1.29. The van der Waals surface area contributed by atoms with Crippen LogP contribution in [0.25, 0.3) is 0 Å². The Morgan fingerprint density at radius 1 is 1.53 bits per heavy atom. The summed E-state index contributed by atoms with van der Waals surface area (Å²) in [5.41, 5.74) is -0.594. The summed E-state index contributed by atoms with van der Waals surface area (Å²) in [6.07, 6.45) is 0.250. The van der Waals surface area contributed by atoms with E-state index in [1.807, 2.05) is 6.07 Å². The fourth-order valence-electron chi connectivity index (χ4n) is 1.57. The number of ketones is 1. The van der Waals surface area contributed by atoms with Crippen LogP contribution in [0.4, 0.5) is 0 Å². The van der Waals surface area contributed by atoms with Crippen molar-refractivity contribution in [1.29, 1.82) is 5.26 Å². The van der Waals surface area contributed by atoms with Crippen LogP contribution in [0.2, 0.25) is 0 Å². The molecule has 1 heterocycles. The first kappa shape index (κ1) is 13.7. The molecule has 2 atom stereocenters. The average Bonchev–Trinajstić information content (AvgIpc) is 2.21. The van der Waals surface area contributed by atoms with Crippen LogP contribution in [-0.4, -0.2) is 29.4 Å². The maximum Gasteiger partial charge on any atom is 0.330 e. The van der Waals surface area contributed by atoms with Crippen molar-refractivity contribution in [2.75, 3.05) is 6.54 Å². The van der Waals surface area contributed by atoms with Crippen LogP contribution in [-0.2, 0) is 14.4 Å². The van der Waals surface area contributed by atoms with Gasteiger partial charge in [-0.1, -0.05) is 0 Å². The van der Waals surface area contributed by atoms with Crippen molar-refractivity contribution in [1.82, 2.24) is 5.06 Å². The van der Waals surface area contributed by atoms with Crippen LogP contribution in [0.3, 0.4) is 0 Å². The van der Waals surface area contributed by atoms with E-state index in [0.29, 0.717) is 6.54 Å². The van der Waals surface area contributed by atoms with Gasteiger partial charge in [0.25, 0.3) is 0 Å². The minimum atomic E-state index is -0.712. The molecule has 0 bridgehead atoms. The molecule has 0 radical (unpaired) electrons. The van der Waals surface area contributed by atoms with Gasteiger partial charge in [0.1, 0.15) is 5.92 Å². The number of nitriles is 1. The number of carbonyl (C=O) groups is 2. The van der Waals surface area contributed by atoms with Gasteiger partial charge in [-0.25, -0.2) is 4.79 Å². The molecule has 1 fully saturated rings. The Morgan fingerprint density at radius 2 is 2.12 bits per heavy atom. The quantitative estimate of drug-likeness (QED) is 0.688. The summed E-state index contributed by atoms with van der Waals surface area (Å²) in [6, 6.07) is 1.58. The van der Waals surface area contributed by atoms with Gasteiger partial charge in [0.15, 0.2) is 5.78 Å². The zero-order valence-electron chi connectivity index (χ0n) is 10.7. The zero-order valence-corrected chi connectivity index (χ0v) is 10.7. The first-order chi connectivity index (χ1) is 7.77. The number of nitrogens with zero attached hydrogens (tertiary/aromatic N) is 2. The minimum Gasteiger partial charge on any atom is -0.367 e. The molecule has 0 aliphatic carbocycles. The van der Waals surface area contributed by atoms with Gasteiger partial charge in [-0.2, -0.15) is 5.26 Å². The summed E-state index contributed by atoms with van der Waals surface area (Å²) in [7, 11) is 0. The van der Waals surface area contributed by atoms with Gasteiger partial charge in [0, 0.05) is 13.0 Å². The van der Waals surface area contributed by atoms with Crippen molar-refractivity contribution in [3.8, 4) is 6.07 Å². The van der Waals surface area contributed by atoms with E-state index in [2.05, 4.69) is 0 Å². The van der Waals surface area contributed by atoms with Gasteiger partial charge in [0.05, 0.1) is 17.5 Å². The number of hydroxylamine groups is 2.